The van der Waals surface area contributed by atoms with Gasteiger partial charge < -0.3 is 19.3 Å². The molecular weight excluding hydrogens is 696 g/mol. The van der Waals surface area contributed by atoms with Gasteiger partial charge in [-0.15, -0.1) is 0 Å². The van der Waals surface area contributed by atoms with Crippen LogP contribution in [0.1, 0.15) is 21.0 Å². The molecule has 0 N–H and O–H groups in total. The number of aromatic nitrogens is 6. The molecule has 0 saturated carbocycles. The first-order valence-corrected chi connectivity index (χ1v) is 15.2. The maximum Gasteiger partial charge on any atom is 0.301 e. The number of nitrogens with zero attached hydrogens (tertiary/aromatic N) is 12. The van der Waals surface area contributed by atoms with Crippen LogP contribution in [0.15, 0.2) is 36.4 Å². The third-order valence-electron chi connectivity index (χ3n) is 8.30. The Kier molecular flexibility index (Phi) is 8.35. The van der Waals surface area contributed by atoms with Gasteiger partial charge in [-0.05, 0) is 12.1 Å². The second-order valence-corrected chi connectivity index (χ2v) is 11.3. The fourth-order valence-electron chi connectivity index (χ4n) is 5.78. The normalized spacial score (nSPS) is 14.8. The van der Waals surface area contributed by atoms with Gasteiger partial charge in [0.15, 0.2) is 22.7 Å². The van der Waals surface area contributed by atoms with Gasteiger partial charge in [0, 0.05) is 38.3 Å². The second kappa shape index (κ2) is 13.0. The molecule has 5 aromatic rings. The molecule has 2 saturated heterocycles. The van der Waals surface area contributed by atoms with E-state index < -0.39 is 54.3 Å². The van der Waals surface area contributed by atoms with Gasteiger partial charge in [-0.3, -0.25) is 50.0 Å². The highest BCUT2D eigenvalue weighted by Crippen LogP contribution is 2.34. The van der Waals surface area contributed by atoms with Crippen LogP contribution in [0.25, 0.3) is 33.7 Å². The smallest absolute Gasteiger partial charge is 0.301 e. The van der Waals surface area contributed by atoms with Crippen molar-refractivity contribution in [3.05, 3.63) is 88.2 Å². The Morgan fingerprint density at radius 1 is 0.577 bits per heavy atom. The van der Waals surface area contributed by atoms with E-state index in [-0.39, 0.29) is 97.7 Å². The topological polar surface area (TPSA) is 293 Å². The van der Waals surface area contributed by atoms with E-state index in [0.29, 0.717) is 12.1 Å². The zero-order valence-corrected chi connectivity index (χ0v) is 26.4. The summed E-state index contributed by atoms with van der Waals surface area (Å²) in [5.74, 6) is -1.35. The molecule has 0 spiro atoms. The summed E-state index contributed by atoms with van der Waals surface area (Å²) in [6.45, 7) is 1.43. The second-order valence-electron chi connectivity index (χ2n) is 11.3. The summed E-state index contributed by atoms with van der Waals surface area (Å²) in [6.07, 6.45) is 0. The monoisotopic (exact) mass is 718 g/mol. The molecule has 2 aromatic carbocycles. The van der Waals surface area contributed by atoms with Gasteiger partial charge in [0.1, 0.15) is 22.4 Å². The van der Waals surface area contributed by atoms with Crippen molar-refractivity contribution in [3.63, 3.8) is 0 Å². The predicted molar refractivity (Wildman–Crippen MR) is 171 cm³/mol. The molecule has 3 aromatic heterocycles. The Labute approximate surface area is 287 Å². The van der Waals surface area contributed by atoms with Gasteiger partial charge in [0.05, 0.1) is 58.3 Å². The molecule has 2 aliphatic rings. The third-order valence-corrected chi connectivity index (χ3v) is 8.30. The number of rotatable bonds is 8. The fourth-order valence-corrected chi connectivity index (χ4v) is 5.78. The molecule has 0 bridgehead atoms. The number of ether oxygens (including phenoxy) is 2. The van der Waals surface area contributed by atoms with Crippen LogP contribution in [0.3, 0.4) is 0 Å². The summed E-state index contributed by atoms with van der Waals surface area (Å²) in [4.78, 5) is 83.7. The van der Waals surface area contributed by atoms with E-state index in [4.69, 9.17) is 9.47 Å². The van der Waals surface area contributed by atoms with E-state index in [1.807, 2.05) is 0 Å². The zero-order valence-electron chi connectivity index (χ0n) is 26.4. The Balaban J connectivity index is 1.56. The number of amides is 2. The van der Waals surface area contributed by atoms with E-state index in [2.05, 4.69) is 20.2 Å². The number of morpholine rings is 2. The molecule has 266 valence electrons. The van der Waals surface area contributed by atoms with Gasteiger partial charge in [-0.2, -0.15) is 10.2 Å². The predicted octanol–water partition coefficient (Wildman–Crippen LogP) is 1.73. The number of hydrogen-bond acceptors (Lipinski definition) is 16. The maximum atomic E-state index is 13.9. The first kappa shape index (κ1) is 33.4. The van der Waals surface area contributed by atoms with Crippen molar-refractivity contribution in [2.24, 2.45) is 0 Å². The van der Waals surface area contributed by atoms with Crippen LogP contribution in [0, 0.1) is 40.5 Å². The van der Waals surface area contributed by atoms with Crippen molar-refractivity contribution < 1.29 is 38.8 Å². The molecule has 24 heteroatoms. The first-order valence-electron chi connectivity index (χ1n) is 15.2. The van der Waals surface area contributed by atoms with Crippen LogP contribution < -0.4 is 0 Å². The highest BCUT2D eigenvalue weighted by Gasteiger charge is 2.34. The number of carbonyl (C=O) groups is 2. The minimum absolute atomic E-state index is 0.156. The Morgan fingerprint density at radius 3 is 1.31 bits per heavy atom. The molecule has 24 nitrogen and oxygen atoms in total. The Morgan fingerprint density at radius 2 is 0.962 bits per heavy atom. The van der Waals surface area contributed by atoms with Crippen molar-refractivity contribution in [1.82, 2.24) is 39.3 Å². The van der Waals surface area contributed by atoms with Crippen molar-refractivity contribution >= 4 is 56.9 Å². The van der Waals surface area contributed by atoms with E-state index in [1.165, 1.54) is 9.80 Å². The van der Waals surface area contributed by atoms with Crippen molar-refractivity contribution in [3.8, 4) is 11.4 Å². The number of nitro groups is 4. The molecule has 52 heavy (non-hydrogen) atoms. The van der Waals surface area contributed by atoms with Crippen LogP contribution in [0.4, 0.5) is 22.7 Å². The molecule has 0 atom stereocenters. The van der Waals surface area contributed by atoms with Crippen LogP contribution in [-0.4, -0.2) is 123 Å². The Bertz CT molecular complexity index is 2200. The minimum Gasteiger partial charge on any atom is -0.378 e. The van der Waals surface area contributed by atoms with Gasteiger partial charge >= 0.3 is 11.4 Å². The van der Waals surface area contributed by atoms with Gasteiger partial charge in [0.25, 0.3) is 23.2 Å². The number of hydrogen-bond donors (Lipinski definition) is 0. The van der Waals surface area contributed by atoms with Crippen LogP contribution in [-0.2, 0) is 9.47 Å². The Hall–Kier alpha value is -7.08. The SMILES string of the molecule is O=C(c1nn(-c2ccc([N+](=O)[O-])cc2[N+](=O)[O-])c2nc3c(nc12)c(C(=O)N1CCOCC1)nn3-c1ccc([N+](=O)[O-])cc1[N+](=O)[O-])N1CCOCC1. The lowest BCUT2D eigenvalue weighted by Crippen LogP contribution is -2.41. The van der Waals surface area contributed by atoms with Crippen molar-refractivity contribution in [1.29, 1.82) is 0 Å². The highest BCUT2D eigenvalue weighted by molar-refractivity contribution is 6.08. The number of benzene rings is 2. The van der Waals surface area contributed by atoms with Crippen LogP contribution in [0.5, 0.6) is 0 Å². The quantitative estimate of drug-likeness (QED) is 0.163. The van der Waals surface area contributed by atoms with Crippen LogP contribution in [0.2, 0.25) is 0 Å². The summed E-state index contributed by atoms with van der Waals surface area (Å²) in [7, 11) is 0. The molecule has 0 unspecified atom stereocenters. The molecule has 0 radical (unpaired) electrons. The van der Waals surface area contributed by atoms with E-state index >= 15 is 0 Å². The lowest BCUT2D eigenvalue weighted by atomic mass is 10.2. The van der Waals surface area contributed by atoms with Gasteiger partial charge in [0.2, 0.25) is 0 Å². The molecule has 7 rings (SSSR count). The molecule has 0 aliphatic carbocycles. The summed E-state index contributed by atoms with van der Waals surface area (Å²) in [5, 5.41) is 56.0. The number of fused-ring (bicyclic) bond motifs is 2. The summed E-state index contributed by atoms with van der Waals surface area (Å²) in [5.41, 5.74) is -5.33. The summed E-state index contributed by atoms with van der Waals surface area (Å²) < 4.78 is 12.4. The van der Waals surface area contributed by atoms with E-state index in [9.17, 15) is 50.0 Å². The standard InChI is InChI=1S/C28H22N12O12/c41-27(33-5-9-51-10-6-33)23-21-25(35(31-23)17-3-1-15(37(43)44)13-19(17)39(47)48)30-26-22(29-21)24(28(42)34-7-11-52-12-8-34)32-36(26)18-4-2-16(38(45)46)14-20(18)40(49)50/h1-4,13-14H,5-12H2. The van der Waals surface area contributed by atoms with Crippen molar-refractivity contribution in [2.45, 2.75) is 0 Å². The summed E-state index contributed by atoms with van der Waals surface area (Å²) >= 11 is 0. The van der Waals surface area contributed by atoms with Crippen LogP contribution >= 0.6 is 0 Å². The molecule has 2 amide bonds. The molecular formula is C28H22N12O12. The lowest BCUT2D eigenvalue weighted by molar-refractivity contribution is -0.394. The van der Waals surface area contributed by atoms with Crippen molar-refractivity contribution in [2.75, 3.05) is 52.6 Å². The summed E-state index contributed by atoms with van der Waals surface area (Å²) in [6, 6.07) is 5.42. The highest BCUT2D eigenvalue weighted by atomic mass is 16.6. The van der Waals surface area contributed by atoms with E-state index in [0.717, 1.165) is 33.6 Å². The number of carbonyl (C=O) groups excluding carboxylic acids is 2. The maximum absolute atomic E-state index is 13.9. The van der Waals surface area contributed by atoms with E-state index in [1.54, 1.807) is 0 Å². The third kappa shape index (κ3) is 5.71. The molecule has 5 heterocycles. The van der Waals surface area contributed by atoms with Gasteiger partial charge in [-0.1, -0.05) is 0 Å². The largest absolute Gasteiger partial charge is 0.378 e. The van der Waals surface area contributed by atoms with Gasteiger partial charge in [-0.25, -0.2) is 19.3 Å². The number of non-ortho nitro benzene ring substituents is 2. The molecule has 2 aliphatic heterocycles. The minimum atomic E-state index is -0.894. The fraction of sp³-hybridized carbons (Fsp3) is 0.286. The average Bonchev–Trinajstić information content (AvgIpc) is 3.71. The zero-order chi connectivity index (χ0) is 36.8. The average molecular weight is 719 g/mol. The molecule has 2 fully saturated rings. The first-order chi connectivity index (χ1) is 24.9. The lowest BCUT2D eigenvalue weighted by Gasteiger charge is -2.26. The number of nitro benzene ring substituents is 4.